The van der Waals surface area contributed by atoms with Gasteiger partial charge in [-0.05, 0) is 54.3 Å². The summed E-state index contributed by atoms with van der Waals surface area (Å²) in [7, 11) is 2.77. The Balaban J connectivity index is 1.75. The third-order valence-corrected chi connectivity index (χ3v) is 7.02. The molecule has 3 aromatic carbocycles. The van der Waals surface area contributed by atoms with Gasteiger partial charge >= 0.3 is 6.09 Å². The normalized spacial score (nSPS) is 13.7. The molecule has 198 valence electrons. The molecule has 39 heavy (non-hydrogen) atoms. The summed E-state index contributed by atoms with van der Waals surface area (Å²) in [6.07, 6.45) is 2.74. The summed E-state index contributed by atoms with van der Waals surface area (Å²) in [4.78, 5) is 19.1. The van der Waals surface area contributed by atoms with Crippen molar-refractivity contribution in [3.8, 4) is 34.1 Å². The van der Waals surface area contributed by atoms with Crippen molar-refractivity contribution in [2.45, 2.75) is 18.9 Å². The third kappa shape index (κ3) is 5.19. The van der Waals surface area contributed by atoms with Crippen LogP contribution in [-0.2, 0) is 4.74 Å². The molecule has 0 radical (unpaired) electrons. The average molecular weight is 526 g/mol. The van der Waals surface area contributed by atoms with Crippen LogP contribution in [0.15, 0.2) is 60.8 Å². The van der Waals surface area contributed by atoms with E-state index in [0.717, 1.165) is 53.6 Å². The lowest BCUT2D eigenvalue weighted by molar-refractivity contribution is 0.187. The lowest BCUT2D eigenvalue weighted by Crippen LogP contribution is -2.40. The van der Waals surface area contributed by atoms with Crippen LogP contribution in [0.3, 0.4) is 0 Å². The first-order chi connectivity index (χ1) is 18.9. The minimum atomic E-state index is -0.672. The number of hydrogen-bond donors (Lipinski definition) is 2. The quantitative estimate of drug-likeness (QED) is 0.344. The molecule has 2 heterocycles. The van der Waals surface area contributed by atoms with Crippen molar-refractivity contribution in [2.75, 3.05) is 37.5 Å². The Labute approximate surface area is 225 Å². The lowest BCUT2D eigenvalue weighted by atomic mass is 9.95. The molecule has 8 nitrogen and oxygen atoms in total. The summed E-state index contributed by atoms with van der Waals surface area (Å²) in [5.41, 5.74) is 11.4. The number of aromatic nitrogens is 1. The van der Waals surface area contributed by atoms with Crippen molar-refractivity contribution in [1.82, 2.24) is 4.98 Å². The Morgan fingerprint density at radius 1 is 1.10 bits per heavy atom. The zero-order chi connectivity index (χ0) is 27.5. The van der Waals surface area contributed by atoms with E-state index in [2.05, 4.69) is 16.3 Å². The van der Waals surface area contributed by atoms with Crippen molar-refractivity contribution >= 4 is 28.4 Å². The molecule has 1 aliphatic heterocycles. The van der Waals surface area contributed by atoms with Crippen LogP contribution >= 0.6 is 0 Å². The molecular weight excluding hydrogens is 497 g/mol. The number of carbonyl (C=O) groups excluding carboxylic acids is 1. The average Bonchev–Trinajstić information content (AvgIpc) is 2.96. The minimum Gasteiger partial charge on any atom is -0.497 e. The number of amides is 1. The number of hydrogen-bond acceptors (Lipinski definition) is 7. The van der Waals surface area contributed by atoms with Gasteiger partial charge in [0.25, 0.3) is 0 Å². The highest BCUT2D eigenvalue weighted by Gasteiger charge is 2.23. The second kappa shape index (κ2) is 11.0. The van der Waals surface area contributed by atoms with Crippen LogP contribution in [-0.4, -0.2) is 44.4 Å². The summed E-state index contributed by atoms with van der Waals surface area (Å²) in [6.45, 7) is 1.48. The molecule has 5 rings (SSSR count). The zero-order valence-electron chi connectivity index (χ0n) is 21.7. The van der Waals surface area contributed by atoms with Gasteiger partial charge in [0.2, 0.25) is 0 Å². The van der Waals surface area contributed by atoms with Crippen molar-refractivity contribution in [1.29, 1.82) is 5.26 Å². The number of methoxy groups -OCH3 is 2. The van der Waals surface area contributed by atoms with Crippen LogP contribution in [0.2, 0.25) is 0 Å². The lowest BCUT2D eigenvalue weighted by Gasteiger charge is -2.34. The van der Waals surface area contributed by atoms with Gasteiger partial charge in [-0.15, -0.1) is 0 Å². The predicted octanol–water partition coefficient (Wildman–Crippen LogP) is 5.69. The number of benzene rings is 3. The maximum atomic E-state index is 14.6. The van der Waals surface area contributed by atoms with E-state index in [1.807, 2.05) is 24.3 Å². The van der Waals surface area contributed by atoms with Gasteiger partial charge < -0.3 is 20.1 Å². The molecule has 0 bridgehead atoms. The van der Waals surface area contributed by atoms with Crippen molar-refractivity contribution in [3.05, 3.63) is 72.2 Å². The van der Waals surface area contributed by atoms with Gasteiger partial charge in [-0.3, -0.25) is 10.3 Å². The second-order valence-corrected chi connectivity index (χ2v) is 9.41. The number of ether oxygens (including phenoxy) is 2. The summed E-state index contributed by atoms with van der Waals surface area (Å²) < 4.78 is 24.7. The fourth-order valence-electron chi connectivity index (χ4n) is 5.03. The molecule has 1 aliphatic rings. The molecule has 1 aromatic heterocycles. The highest BCUT2D eigenvalue weighted by molar-refractivity contribution is 6.03. The number of nitrogens with one attached hydrogen (secondary N) is 1. The van der Waals surface area contributed by atoms with Crippen LogP contribution in [0.4, 0.5) is 20.6 Å². The van der Waals surface area contributed by atoms with Gasteiger partial charge in [0.05, 0.1) is 36.7 Å². The molecule has 0 spiro atoms. The van der Waals surface area contributed by atoms with E-state index in [9.17, 15) is 14.4 Å². The molecule has 3 N–H and O–H groups in total. The van der Waals surface area contributed by atoms with E-state index in [4.69, 9.17) is 20.2 Å². The van der Waals surface area contributed by atoms with E-state index in [1.165, 1.54) is 26.4 Å². The number of carbonyl (C=O) groups is 1. The number of pyridine rings is 1. The number of piperidine rings is 1. The SMILES string of the molecule is COC(=O)Nc1c(C#N)cccc1-c1ccc2ncc(-c3cc(F)cc(OC)c3)c(N3CCC(N)CC3)c2c1. The molecule has 0 atom stereocenters. The summed E-state index contributed by atoms with van der Waals surface area (Å²) >= 11 is 0. The molecule has 1 saturated heterocycles. The fourth-order valence-corrected chi connectivity index (χ4v) is 5.03. The van der Waals surface area contributed by atoms with Gasteiger partial charge in [-0.1, -0.05) is 18.2 Å². The topological polar surface area (TPSA) is 113 Å². The number of rotatable bonds is 5. The molecular formula is C30H28FN5O3. The van der Waals surface area contributed by atoms with Gasteiger partial charge in [-0.2, -0.15) is 5.26 Å². The first kappa shape index (κ1) is 25.9. The fraction of sp³-hybridized carbons (Fsp3) is 0.233. The maximum absolute atomic E-state index is 14.6. The van der Waals surface area contributed by atoms with Gasteiger partial charge in [0, 0.05) is 47.9 Å². The summed E-state index contributed by atoms with van der Waals surface area (Å²) in [5, 5.41) is 13.2. The Morgan fingerprint density at radius 2 is 1.90 bits per heavy atom. The first-order valence-corrected chi connectivity index (χ1v) is 12.6. The molecule has 1 amide bonds. The van der Waals surface area contributed by atoms with Crippen molar-refractivity contribution in [2.24, 2.45) is 5.73 Å². The first-order valence-electron chi connectivity index (χ1n) is 12.6. The number of anilines is 2. The van der Waals surface area contributed by atoms with E-state index < -0.39 is 11.9 Å². The van der Waals surface area contributed by atoms with Crippen molar-refractivity contribution in [3.63, 3.8) is 0 Å². The van der Waals surface area contributed by atoms with Gasteiger partial charge in [0.15, 0.2) is 0 Å². The molecule has 1 fully saturated rings. The summed E-state index contributed by atoms with van der Waals surface area (Å²) in [6, 6.07) is 17.9. The van der Waals surface area contributed by atoms with Gasteiger partial charge in [-0.25, -0.2) is 9.18 Å². The predicted molar refractivity (Wildman–Crippen MR) is 149 cm³/mol. The van der Waals surface area contributed by atoms with E-state index in [1.54, 1.807) is 24.4 Å². The third-order valence-electron chi connectivity index (χ3n) is 7.02. The number of nitrogens with two attached hydrogens (primary N) is 1. The molecule has 9 heteroatoms. The molecule has 4 aromatic rings. The maximum Gasteiger partial charge on any atom is 0.411 e. The number of para-hydroxylation sites is 1. The van der Waals surface area contributed by atoms with E-state index in [-0.39, 0.29) is 6.04 Å². The Kier molecular flexibility index (Phi) is 7.30. The Hall–Kier alpha value is -4.68. The van der Waals surface area contributed by atoms with Crippen LogP contribution < -0.4 is 20.7 Å². The Bertz CT molecular complexity index is 1590. The highest BCUT2D eigenvalue weighted by atomic mass is 19.1. The second-order valence-electron chi connectivity index (χ2n) is 9.41. The smallest absolute Gasteiger partial charge is 0.411 e. The monoisotopic (exact) mass is 525 g/mol. The standard InChI is InChI=1S/C30H28FN5O3/c1-38-23-13-20(12-21(31)15-23)26-17-34-27-7-6-18(14-25(27)29(26)36-10-8-22(33)9-11-36)24-5-3-4-19(16-32)28(24)35-30(37)39-2/h3-7,12-15,17,22H,8-11,33H2,1-2H3,(H,35,37). The van der Waals surface area contributed by atoms with E-state index in [0.29, 0.717) is 28.1 Å². The minimum absolute atomic E-state index is 0.128. The largest absolute Gasteiger partial charge is 0.497 e. The summed E-state index contributed by atoms with van der Waals surface area (Å²) in [5.74, 6) is 0.00830. The Morgan fingerprint density at radius 3 is 2.62 bits per heavy atom. The molecule has 0 unspecified atom stereocenters. The highest BCUT2D eigenvalue weighted by Crippen LogP contribution is 2.41. The van der Waals surface area contributed by atoms with E-state index >= 15 is 0 Å². The van der Waals surface area contributed by atoms with Crippen LogP contribution in [0.1, 0.15) is 18.4 Å². The van der Waals surface area contributed by atoms with Crippen LogP contribution in [0.25, 0.3) is 33.2 Å². The molecule has 0 aliphatic carbocycles. The zero-order valence-corrected chi connectivity index (χ0v) is 21.7. The van der Waals surface area contributed by atoms with Crippen LogP contribution in [0.5, 0.6) is 5.75 Å². The molecule has 0 saturated carbocycles. The number of nitriles is 1. The number of nitrogens with zero attached hydrogens (tertiary/aromatic N) is 3. The van der Waals surface area contributed by atoms with Crippen LogP contribution in [0, 0.1) is 17.1 Å². The number of halogens is 1. The number of fused-ring (bicyclic) bond motifs is 1. The van der Waals surface area contributed by atoms with Crippen molar-refractivity contribution < 1.29 is 18.7 Å². The van der Waals surface area contributed by atoms with Gasteiger partial charge in [0.1, 0.15) is 17.6 Å².